The second-order valence-corrected chi connectivity index (χ2v) is 5.86. The third kappa shape index (κ3) is 2.52. The summed E-state index contributed by atoms with van der Waals surface area (Å²) < 4.78 is 0.801. The number of aliphatic hydroxyl groups excluding tert-OH is 1. The van der Waals surface area contributed by atoms with E-state index in [9.17, 15) is 9.90 Å². The van der Waals surface area contributed by atoms with Crippen molar-refractivity contribution >= 4 is 40.5 Å². The first-order chi connectivity index (χ1) is 8.50. The maximum Gasteiger partial charge on any atom is 0.336 e. The molecular formula is C12H8Cl2O3S. The number of carboxylic acids is 1. The summed E-state index contributed by atoms with van der Waals surface area (Å²) in [6.45, 7) is 0. The van der Waals surface area contributed by atoms with Crippen molar-refractivity contribution in [3.8, 4) is 0 Å². The van der Waals surface area contributed by atoms with Gasteiger partial charge in [-0.1, -0.05) is 41.4 Å². The van der Waals surface area contributed by atoms with Gasteiger partial charge < -0.3 is 10.2 Å². The van der Waals surface area contributed by atoms with Crippen LogP contribution in [0, 0.1) is 0 Å². The van der Waals surface area contributed by atoms with Gasteiger partial charge in [-0.3, -0.25) is 0 Å². The quantitative estimate of drug-likeness (QED) is 0.906. The molecule has 0 saturated heterocycles. The molecule has 2 aromatic rings. The SMILES string of the molecule is O=C(O)c1ccccc1C(O)c1cc(Cl)sc1Cl. The van der Waals surface area contributed by atoms with Gasteiger partial charge in [0.2, 0.25) is 0 Å². The Morgan fingerprint density at radius 3 is 2.44 bits per heavy atom. The van der Waals surface area contributed by atoms with Crippen molar-refractivity contribution in [2.24, 2.45) is 0 Å². The van der Waals surface area contributed by atoms with E-state index in [-0.39, 0.29) is 5.56 Å². The van der Waals surface area contributed by atoms with Crippen LogP contribution in [0.3, 0.4) is 0 Å². The second-order valence-electron chi connectivity index (χ2n) is 3.57. The van der Waals surface area contributed by atoms with E-state index in [2.05, 4.69) is 0 Å². The van der Waals surface area contributed by atoms with Gasteiger partial charge in [-0.2, -0.15) is 0 Å². The molecule has 0 spiro atoms. The van der Waals surface area contributed by atoms with Crippen LogP contribution in [0.5, 0.6) is 0 Å². The van der Waals surface area contributed by atoms with Crippen molar-refractivity contribution in [1.82, 2.24) is 0 Å². The molecule has 1 atom stereocenters. The highest BCUT2D eigenvalue weighted by molar-refractivity contribution is 7.20. The monoisotopic (exact) mass is 302 g/mol. The van der Waals surface area contributed by atoms with Crippen LogP contribution in [-0.2, 0) is 0 Å². The smallest absolute Gasteiger partial charge is 0.336 e. The summed E-state index contributed by atoms with van der Waals surface area (Å²) in [6.07, 6.45) is -1.10. The zero-order chi connectivity index (χ0) is 13.3. The van der Waals surface area contributed by atoms with Crippen molar-refractivity contribution in [3.63, 3.8) is 0 Å². The normalized spacial score (nSPS) is 12.4. The van der Waals surface area contributed by atoms with Gasteiger partial charge in [0.15, 0.2) is 0 Å². The Balaban J connectivity index is 2.49. The van der Waals surface area contributed by atoms with Gasteiger partial charge in [0, 0.05) is 5.56 Å². The number of carbonyl (C=O) groups is 1. The number of rotatable bonds is 3. The van der Waals surface area contributed by atoms with E-state index in [1.165, 1.54) is 12.1 Å². The standard InChI is InChI=1S/C12H8Cl2O3S/c13-9-5-8(11(14)18-9)10(15)6-3-1-2-4-7(6)12(16)17/h1-5,10,15H,(H,16,17). The van der Waals surface area contributed by atoms with Crippen LogP contribution in [0.1, 0.15) is 27.6 Å². The number of benzene rings is 1. The Morgan fingerprint density at radius 2 is 1.89 bits per heavy atom. The second kappa shape index (κ2) is 5.28. The summed E-state index contributed by atoms with van der Waals surface area (Å²) in [7, 11) is 0. The van der Waals surface area contributed by atoms with Crippen LogP contribution in [-0.4, -0.2) is 16.2 Å². The lowest BCUT2D eigenvalue weighted by Gasteiger charge is -2.12. The first-order valence-electron chi connectivity index (χ1n) is 4.95. The molecule has 18 heavy (non-hydrogen) atoms. The van der Waals surface area contributed by atoms with Crippen LogP contribution in [0.2, 0.25) is 8.67 Å². The molecule has 2 rings (SSSR count). The topological polar surface area (TPSA) is 57.5 Å². The van der Waals surface area contributed by atoms with Crippen LogP contribution >= 0.6 is 34.5 Å². The summed E-state index contributed by atoms with van der Waals surface area (Å²) in [6, 6.07) is 7.78. The van der Waals surface area contributed by atoms with Crippen LogP contribution in [0.25, 0.3) is 0 Å². The summed E-state index contributed by atoms with van der Waals surface area (Å²) in [5, 5.41) is 19.3. The molecule has 94 valence electrons. The summed E-state index contributed by atoms with van der Waals surface area (Å²) in [4.78, 5) is 11.1. The van der Waals surface area contributed by atoms with E-state index >= 15 is 0 Å². The molecule has 3 nitrogen and oxygen atoms in total. The highest BCUT2D eigenvalue weighted by Crippen LogP contribution is 2.38. The molecule has 0 aliphatic carbocycles. The minimum Gasteiger partial charge on any atom is -0.478 e. The van der Waals surface area contributed by atoms with Gasteiger partial charge in [-0.05, 0) is 17.7 Å². The fraction of sp³-hybridized carbons (Fsp3) is 0.0833. The number of carboxylic acid groups (broad SMARTS) is 1. The van der Waals surface area contributed by atoms with Gasteiger partial charge in [0.05, 0.1) is 9.90 Å². The van der Waals surface area contributed by atoms with E-state index in [0.29, 0.717) is 19.8 Å². The van der Waals surface area contributed by atoms with Crippen LogP contribution in [0.4, 0.5) is 0 Å². The molecule has 1 heterocycles. The number of aromatic carboxylic acids is 1. The van der Waals surface area contributed by atoms with Gasteiger partial charge in [-0.25, -0.2) is 4.79 Å². The number of aliphatic hydroxyl groups is 1. The first-order valence-corrected chi connectivity index (χ1v) is 6.53. The third-order valence-corrected chi connectivity index (χ3v) is 3.98. The Bertz CT molecular complexity index is 595. The zero-order valence-electron chi connectivity index (χ0n) is 8.93. The van der Waals surface area contributed by atoms with Gasteiger partial charge in [0.25, 0.3) is 0 Å². The maximum atomic E-state index is 11.1. The molecule has 2 N–H and O–H groups in total. The average Bonchev–Trinajstić information content (AvgIpc) is 2.67. The van der Waals surface area contributed by atoms with Gasteiger partial charge in [0.1, 0.15) is 10.4 Å². The zero-order valence-corrected chi connectivity index (χ0v) is 11.3. The number of halogens is 2. The number of thiophene rings is 1. The molecule has 0 aliphatic heterocycles. The Kier molecular flexibility index (Phi) is 3.92. The summed E-state index contributed by atoms with van der Waals surface area (Å²) in [5.41, 5.74) is 0.755. The van der Waals surface area contributed by atoms with Crippen molar-refractivity contribution in [3.05, 3.63) is 55.7 Å². The largest absolute Gasteiger partial charge is 0.478 e. The fourth-order valence-corrected chi connectivity index (χ4v) is 3.16. The molecule has 0 fully saturated rings. The highest BCUT2D eigenvalue weighted by atomic mass is 35.5. The molecule has 6 heteroatoms. The minimum atomic E-state index is -1.10. The first kappa shape index (κ1) is 13.4. The highest BCUT2D eigenvalue weighted by Gasteiger charge is 2.21. The molecule has 1 aromatic carbocycles. The van der Waals surface area contributed by atoms with Crippen LogP contribution < -0.4 is 0 Å². The van der Waals surface area contributed by atoms with E-state index < -0.39 is 12.1 Å². The minimum absolute atomic E-state index is 0.0448. The molecule has 1 aromatic heterocycles. The molecule has 1 unspecified atom stereocenters. The van der Waals surface area contributed by atoms with Gasteiger partial charge in [-0.15, -0.1) is 11.3 Å². The van der Waals surface area contributed by atoms with E-state index in [0.717, 1.165) is 11.3 Å². The van der Waals surface area contributed by atoms with Crippen molar-refractivity contribution in [2.75, 3.05) is 0 Å². The number of hydrogen-bond acceptors (Lipinski definition) is 3. The van der Waals surface area contributed by atoms with Crippen molar-refractivity contribution in [1.29, 1.82) is 0 Å². The van der Waals surface area contributed by atoms with Crippen molar-refractivity contribution < 1.29 is 15.0 Å². The molecular weight excluding hydrogens is 295 g/mol. The third-order valence-electron chi connectivity index (χ3n) is 2.46. The van der Waals surface area contributed by atoms with Gasteiger partial charge >= 0.3 is 5.97 Å². The predicted molar refractivity (Wildman–Crippen MR) is 71.8 cm³/mol. The molecule has 0 bridgehead atoms. The predicted octanol–water partition coefficient (Wildman–Crippen LogP) is 3.83. The van der Waals surface area contributed by atoms with E-state index in [1.54, 1.807) is 18.2 Å². The molecule has 0 amide bonds. The summed E-state index contributed by atoms with van der Waals surface area (Å²) in [5.74, 6) is -1.10. The van der Waals surface area contributed by atoms with E-state index in [4.69, 9.17) is 28.3 Å². The Morgan fingerprint density at radius 1 is 1.22 bits per heavy atom. The summed E-state index contributed by atoms with van der Waals surface area (Å²) >= 11 is 12.9. The average molecular weight is 303 g/mol. The lowest BCUT2D eigenvalue weighted by Crippen LogP contribution is -2.07. The Labute approximate surface area is 117 Å². The number of hydrogen-bond donors (Lipinski definition) is 2. The Hall–Kier alpha value is -1.07. The lowest BCUT2D eigenvalue weighted by molar-refractivity contribution is 0.0691. The fourth-order valence-electron chi connectivity index (χ4n) is 1.64. The maximum absolute atomic E-state index is 11.1. The van der Waals surface area contributed by atoms with Crippen LogP contribution in [0.15, 0.2) is 30.3 Å². The molecule has 0 radical (unpaired) electrons. The van der Waals surface area contributed by atoms with E-state index in [1.807, 2.05) is 0 Å². The lowest BCUT2D eigenvalue weighted by atomic mass is 9.99. The molecule has 0 aliphatic rings. The molecule has 0 saturated carbocycles. The van der Waals surface area contributed by atoms with Crippen molar-refractivity contribution in [2.45, 2.75) is 6.10 Å².